The molecule has 0 saturated heterocycles. The summed E-state index contributed by atoms with van der Waals surface area (Å²) in [4.78, 5) is 18.9. The Morgan fingerprint density at radius 1 is 1.36 bits per heavy atom. The maximum absolute atomic E-state index is 12.5. The Morgan fingerprint density at radius 3 is 2.73 bits per heavy atom. The molecule has 6 nitrogen and oxygen atoms in total. The van der Waals surface area contributed by atoms with Crippen molar-refractivity contribution in [3.05, 3.63) is 29.3 Å². The summed E-state index contributed by atoms with van der Waals surface area (Å²) in [5.74, 6) is -2.50. The molecule has 0 unspecified atom stereocenters. The van der Waals surface area contributed by atoms with Gasteiger partial charge in [-0.15, -0.1) is 24.5 Å². The Balaban J connectivity index is 2.22. The number of aromatic nitrogens is 2. The Bertz CT molecular complexity index is 842. The highest BCUT2D eigenvalue weighted by atomic mass is 32.1. The van der Waals surface area contributed by atoms with Gasteiger partial charge in [-0.25, -0.2) is 14.8 Å². The van der Waals surface area contributed by atoms with Crippen LogP contribution < -0.4 is 4.74 Å². The number of alkyl halides is 3. The quantitative estimate of drug-likeness (QED) is 0.790. The topological polar surface area (TPSA) is 85.5 Å². The fraction of sp³-hybridized carbons (Fsp3) is 0.0833. The second-order valence-electron chi connectivity index (χ2n) is 4.00. The van der Waals surface area contributed by atoms with Crippen LogP contribution in [-0.4, -0.2) is 27.4 Å². The number of hydrogen-bond acceptors (Lipinski definition) is 6. The molecule has 2 heterocycles. The average Bonchev–Trinajstić information content (AvgIpc) is 3.05. The van der Waals surface area contributed by atoms with Crippen molar-refractivity contribution in [3.63, 3.8) is 0 Å². The van der Waals surface area contributed by atoms with Gasteiger partial charge >= 0.3 is 12.3 Å². The molecule has 0 aliphatic rings. The van der Waals surface area contributed by atoms with E-state index in [1.807, 2.05) is 0 Å². The second-order valence-corrected chi connectivity index (χ2v) is 4.89. The molecule has 0 saturated carbocycles. The van der Waals surface area contributed by atoms with Crippen molar-refractivity contribution in [3.8, 4) is 16.6 Å². The van der Waals surface area contributed by atoms with Crippen molar-refractivity contribution in [2.45, 2.75) is 6.36 Å². The van der Waals surface area contributed by atoms with E-state index in [1.54, 1.807) is 5.38 Å². The highest BCUT2D eigenvalue weighted by Crippen LogP contribution is 2.36. The minimum absolute atomic E-state index is 0.0143. The normalized spacial score (nSPS) is 11.8. The Labute approximate surface area is 123 Å². The number of carboxylic acid groups (broad SMARTS) is 1. The monoisotopic (exact) mass is 330 g/mol. The van der Waals surface area contributed by atoms with Gasteiger partial charge in [0.25, 0.3) is 5.89 Å². The Morgan fingerprint density at radius 2 is 2.14 bits per heavy atom. The number of aromatic carboxylic acids is 1. The number of ether oxygens (including phenoxy) is 1. The van der Waals surface area contributed by atoms with Crippen molar-refractivity contribution < 1.29 is 32.2 Å². The summed E-state index contributed by atoms with van der Waals surface area (Å²) < 4.78 is 46.6. The molecule has 0 atom stereocenters. The van der Waals surface area contributed by atoms with Crippen LogP contribution >= 0.6 is 11.3 Å². The average molecular weight is 330 g/mol. The zero-order valence-electron chi connectivity index (χ0n) is 10.4. The van der Waals surface area contributed by atoms with E-state index in [-0.39, 0.29) is 17.0 Å². The number of thiazole rings is 1. The largest absolute Gasteiger partial charge is 0.573 e. The van der Waals surface area contributed by atoms with Crippen molar-refractivity contribution in [1.82, 2.24) is 9.97 Å². The lowest BCUT2D eigenvalue weighted by Crippen LogP contribution is -2.19. The molecular weight excluding hydrogens is 325 g/mol. The van der Waals surface area contributed by atoms with E-state index in [2.05, 4.69) is 14.7 Å². The van der Waals surface area contributed by atoms with Crippen molar-refractivity contribution in [2.75, 3.05) is 0 Å². The van der Waals surface area contributed by atoms with Crippen molar-refractivity contribution in [2.24, 2.45) is 0 Å². The number of oxazole rings is 1. The van der Waals surface area contributed by atoms with E-state index in [9.17, 15) is 18.0 Å². The van der Waals surface area contributed by atoms with E-state index in [4.69, 9.17) is 9.52 Å². The predicted molar refractivity (Wildman–Crippen MR) is 68.8 cm³/mol. The van der Waals surface area contributed by atoms with Crippen LogP contribution in [0.2, 0.25) is 0 Å². The number of hydrogen-bond donors (Lipinski definition) is 1. The van der Waals surface area contributed by atoms with Gasteiger partial charge in [-0.1, -0.05) is 0 Å². The number of nitrogens with zero attached hydrogens (tertiary/aromatic N) is 2. The number of rotatable bonds is 3. The molecule has 0 radical (unpaired) electrons. The summed E-state index contributed by atoms with van der Waals surface area (Å²) in [7, 11) is 0. The van der Waals surface area contributed by atoms with E-state index in [1.165, 1.54) is 23.6 Å². The minimum Gasteiger partial charge on any atom is -0.478 e. The van der Waals surface area contributed by atoms with Gasteiger partial charge in [-0.05, 0) is 12.1 Å². The molecule has 0 fully saturated rings. The fourth-order valence-electron chi connectivity index (χ4n) is 1.78. The molecule has 22 heavy (non-hydrogen) atoms. The molecule has 0 amide bonds. The van der Waals surface area contributed by atoms with Crippen LogP contribution in [0.5, 0.6) is 5.75 Å². The molecule has 0 aliphatic heterocycles. The smallest absolute Gasteiger partial charge is 0.478 e. The molecule has 0 bridgehead atoms. The highest BCUT2D eigenvalue weighted by Gasteiger charge is 2.35. The molecule has 114 valence electrons. The first-order chi connectivity index (χ1) is 10.3. The zero-order chi connectivity index (χ0) is 15.9. The molecule has 3 rings (SSSR count). The van der Waals surface area contributed by atoms with E-state index in [0.717, 1.165) is 6.07 Å². The lowest BCUT2D eigenvalue weighted by Gasteiger charge is -2.11. The van der Waals surface area contributed by atoms with Crippen LogP contribution in [0, 0.1) is 0 Å². The molecule has 3 aromatic rings. The molecular formula is C12H5F3N2O4S. The Kier molecular flexibility index (Phi) is 3.24. The Hall–Kier alpha value is -2.62. The maximum Gasteiger partial charge on any atom is 0.573 e. The maximum atomic E-state index is 12.5. The minimum atomic E-state index is -5.06. The van der Waals surface area contributed by atoms with Crippen molar-refractivity contribution >= 4 is 28.4 Å². The van der Waals surface area contributed by atoms with Gasteiger partial charge in [-0.3, -0.25) is 0 Å². The number of benzene rings is 1. The molecule has 10 heteroatoms. The van der Waals surface area contributed by atoms with E-state index in [0.29, 0.717) is 5.01 Å². The van der Waals surface area contributed by atoms with Crippen LogP contribution in [0.4, 0.5) is 13.2 Å². The van der Waals surface area contributed by atoms with E-state index < -0.39 is 23.6 Å². The number of carbonyl (C=O) groups is 1. The first kappa shape index (κ1) is 14.3. The summed E-state index contributed by atoms with van der Waals surface area (Å²) >= 11 is 1.17. The molecule has 0 aliphatic carbocycles. The number of halogens is 3. The summed E-state index contributed by atoms with van der Waals surface area (Å²) in [6, 6.07) is 2.18. The van der Waals surface area contributed by atoms with Crippen LogP contribution in [-0.2, 0) is 0 Å². The first-order valence-electron chi connectivity index (χ1n) is 5.67. The molecule has 2 aromatic heterocycles. The van der Waals surface area contributed by atoms with Crippen LogP contribution in [0.3, 0.4) is 0 Å². The fourth-order valence-corrected chi connectivity index (χ4v) is 2.34. The standard InChI is InChI=1S/C12H5F3N2O4S/c13-12(14,15)21-8-5(11(18)19)1-2-6-7(8)17-9(20-6)10-16-3-4-22-10/h1-4H,(H,18,19). The number of fused-ring (bicyclic) bond motifs is 1. The molecule has 0 spiro atoms. The predicted octanol–water partition coefficient (Wildman–Crippen LogP) is 3.55. The van der Waals surface area contributed by atoms with Gasteiger partial charge in [0, 0.05) is 11.6 Å². The summed E-state index contributed by atoms with van der Waals surface area (Å²) in [5.41, 5.74) is -1.03. The van der Waals surface area contributed by atoms with Gasteiger partial charge < -0.3 is 14.3 Å². The van der Waals surface area contributed by atoms with Crippen LogP contribution in [0.25, 0.3) is 22.0 Å². The zero-order valence-corrected chi connectivity index (χ0v) is 11.2. The SMILES string of the molecule is O=C(O)c1ccc2oc(-c3nccs3)nc2c1OC(F)(F)F. The lowest BCUT2D eigenvalue weighted by atomic mass is 10.2. The molecule has 1 aromatic carbocycles. The lowest BCUT2D eigenvalue weighted by molar-refractivity contribution is -0.274. The third-order valence-corrected chi connectivity index (χ3v) is 3.34. The van der Waals surface area contributed by atoms with Gasteiger partial charge in [0.2, 0.25) is 0 Å². The highest BCUT2D eigenvalue weighted by molar-refractivity contribution is 7.12. The van der Waals surface area contributed by atoms with Gasteiger partial charge in [-0.2, -0.15) is 0 Å². The van der Waals surface area contributed by atoms with Crippen molar-refractivity contribution in [1.29, 1.82) is 0 Å². The molecule has 1 N–H and O–H groups in total. The van der Waals surface area contributed by atoms with E-state index >= 15 is 0 Å². The third-order valence-electron chi connectivity index (χ3n) is 2.58. The second kappa shape index (κ2) is 4.98. The summed E-state index contributed by atoms with van der Waals surface area (Å²) in [6.07, 6.45) is -3.58. The van der Waals surface area contributed by atoms with Gasteiger partial charge in [0.05, 0.1) is 0 Å². The third kappa shape index (κ3) is 2.60. The summed E-state index contributed by atoms with van der Waals surface area (Å²) in [6.45, 7) is 0. The van der Waals surface area contributed by atoms with Crippen LogP contribution in [0.1, 0.15) is 10.4 Å². The summed E-state index contributed by atoms with van der Waals surface area (Å²) in [5, 5.41) is 11.0. The first-order valence-corrected chi connectivity index (χ1v) is 6.55. The van der Waals surface area contributed by atoms with Gasteiger partial charge in [0.15, 0.2) is 21.9 Å². The van der Waals surface area contributed by atoms with Gasteiger partial charge in [0.1, 0.15) is 5.56 Å². The number of carboxylic acids is 1. The van der Waals surface area contributed by atoms with Crippen LogP contribution in [0.15, 0.2) is 28.1 Å².